The molecule has 1 atom stereocenters. The normalized spacial score (nSPS) is 16.1. The lowest BCUT2D eigenvalue weighted by atomic mass is 10.0. The Morgan fingerprint density at radius 1 is 1.27 bits per heavy atom. The summed E-state index contributed by atoms with van der Waals surface area (Å²) in [6.45, 7) is 3.10. The van der Waals surface area contributed by atoms with Gasteiger partial charge in [0.15, 0.2) is 0 Å². The molecule has 3 heterocycles. The molecule has 26 heavy (non-hydrogen) atoms. The first-order valence-corrected chi connectivity index (χ1v) is 9.61. The first-order chi connectivity index (χ1) is 12.6. The van der Waals surface area contributed by atoms with Crippen LogP contribution in [0.4, 0.5) is 5.95 Å². The molecule has 1 fully saturated rings. The zero-order valence-corrected chi connectivity index (χ0v) is 15.5. The summed E-state index contributed by atoms with van der Waals surface area (Å²) in [4.78, 5) is 35.6. The van der Waals surface area contributed by atoms with Crippen molar-refractivity contribution in [2.24, 2.45) is 0 Å². The Morgan fingerprint density at radius 2 is 2.00 bits per heavy atom. The van der Waals surface area contributed by atoms with Gasteiger partial charge in [0.2, 0.25) is 17.8 Å². The number of anilines is 1. The smallest absolute Gasteiger partial charge is 0.225 e. The van der Waals surface area contributed by atoms with Gasteiger partial charge in [-0.1, -0.05) is 6.07 Å². The molecule has 0 saturated carbocycles. The molecule has 1 aliphatic rings. The molecule has 3 rings (SSSR count). The second-order valence-electron chi connectivity index (χ2n) is 6.35. The van der Waals surface area contributed by atoms with Gasteiger partial charge in [0.1, 0.15) is 0 Å². The Kier molecular flexibility index (Phi) is 6.17. The average Bonchev–Trinajstić information content (AvgIpc) is 3.17. The number of carbonyl (C=O) groups is 2. The van der Waals surface area contributed by atoms with Gasteiger partial charge in [-0.25, -0.2) is 9.97 Å². The molecule has 2 N–H and O–H groups in total. The molecule has 2 amide bonds. The van der Waals surface area contributed by atoms with Gasteiger partial charge in [0, 0.05) is 43.3 Å². The molecule has 8 heteroatoms. The Morgan fingerprint density at radius 3 is 2.62 bits per heavy atom. The minimum absolute atomic E-state index is 0.0356. The zero-order valence-electron chi connectivity index (χ0n) is 14.7. The molecular formula is C18H23N5O2S. The predicted molar refractivity (Wildman–Crippen MR) is 101 cm³/mol. The van der Waals surface area contributed by atoms with Gasteiger partial charge < -0.3 is 15.5 Å². The summed E-state index contributed by atoms with van der Waals surface area (Å²) < 4.78 is 0. The van der Waals surface area contributed by atoms with E-state index < -0.39 is 0 Å². The van der Waals surface area contributed by atoms with Crippen molar-refractivity contribution in [3.05, 3.63) is 40.8 Å². The van der Waals surface area contributed by atoms with Crippen LogP contribution in [-0.2, 0) is 9.59 Å². The Hall–Kier alpha value is -2.48. The molecule has 0 spiro atoms. The Labute approximate surface area is 156 Å². The Balaban J connectivity index is 1.49. The minimum Gasteiger partial charge on any atom is -0.353 e. The number of carbonyl (C=O) groups excluding carboxylic acids is 2. The van der Waals surface area contributed by atoms with E-state index in [2.05, 4.69) is 25.5 Å². The molecule has 0 aliphatic carbocycles. The predicted octanol–water partition coefficient (Wildman–Crippen LogP) is 1.89. The van der Waals surface area contributed by atoms with Crippen molar-refractivity contribution < 1.29 is 9.59 Å². The summed E-state index contributed by atoms with van der Waals surface area (Å²) in [7, 11) is 0. The fourth-order valence-corrected chi connectivity index (χ4v) is 3.89. The third kappa shape index (κ3) is 5.01. The number of amides is 2. The highest BCUT2D eigenvalue weighted by Crippen LogP contribution is 2.22. The van der Waals surface area contributed by atoms with Crippen molar-refractivity contribution in [3.8, 4) is 0 Å². The van der Waals surface area contributed by atoms with E-state index in [4.69, 9.17) is 0 Å². The van der Waals surface area contributed by atoms with E-state index in [-0.39, 0.29) is 30.3 Å². The van der Waals surface area contributed by atoms with Crippen LogP contribution in [0.15, 0.2) is 36.0 Å². The molecule has 0 radical (unpaired) electrons. The number of rotatable bonds is 6. The summed E-state index contributed by atoms with van der Waals surface area (Å²) in [5.74, 6) is 0.569. The van der Waals surface area contributed by atoms with Gasteiger partial charge in [0.05, 0.1) is 12.5 Å². The lowest BCUT2D eigenvalue weighted by Crippen LogP contribution is -2.45. The van der Waals surface area contributed by atoms with Gasteiger partial charge in [0.25, 0.3) is 0 Å². The van der Waals surface area contributed by atoms with Crippen LogP contribution in [-0.4, -0.2) is 40.9 Å². The molecule has 0 bridgehead atoms. The lowest BCUT2D eigenvalue weighted by molar-refractivity contribution is -0.123. The van der Waals surface area contributed by atoms with E-state index in [1.54, 1.807) is 29.8 Å². The maximum atomic E-state index is 12.5. The van der Waals surface area contributed by atoms with E-state index >= 15 is 0 Å². The number of nitrogens with zero attached hydrogens (tertiary/aromatic N) is 3. The van der Waals surface area contributed by atoms with Crippen molar-refractivity contribution in [1.29, 1.82) is 0 Å². The molecule has 0 aromatic carbocycles. The number of hydrogen-bond donors (Lipinski definition) is 2. The van der Waals surface area contributed by atoms with Crippen molar-refractivity contribution in [1.82, 2.24) is 20.6 Å². The van der Waals surface area contributed by atoms with Crippen LogP contribution in [0.5, 0.6) is 0 Å². The van der Waals surface area contributed by atoms with Gasteiger partial charge in [-0.3, -0.25) is 9.59 Å². The van der Waals surface area contributed by atoms with Crippen LogP contribution in [0.25, 0.3) is 0 Å². The summed E-state index contributed by atoms with van der Waals surface area (Å²) >= 11 is 1.54. The standard InChI is InChI=1S/C18H23N5O2S/c1-13(24)21-15(16-4-2-11-26-16)12-17(25)22-14-5-9-23(10-6-14)18-19-7-3-8-20-18/h2-4,7-8,11,14-15H,5-6,9-10,12H2,1H3,(H,21,24)(H,22,25)/t15-/m0/s1. The first-order valence-electron chi connectivity index (χ1n) is 8.73. The summed E-state index contributed by atoms with van der Waals surface area (Å²) in [6, 6.07) is 5.54. The maximum absolute atomic E-state index is 12.5. The van der Waals surface area contributed by atoms with Crippen molar-refractivity contribution in [2.75, 3.05) is 18.0 Å². The quantitative estimate of drug-likeness (QED) is 0.807. The highest BCUT2D eigenvalue weighted by atomic mass is 32.1. The molecule has 2 aromatic rings. The molecule has 1 saturated heterocycles. The van der Waals surface area contributed by atoms with Crippen LogP contribution in [0.1, 0.15) is 37.1 Å². The number of aromatic nitrogens is 2. The summed E-state index contributed by atoms with van der Waals surface area (Å²) in [6.07, 6.45) is 5.44. The number of thiophene rings is 1. The van der Waals surface area contributed by atoms with Gasteiger partial charge >= 0.3 is 0 Å². The average molecular weight is 373 g/mol. The fourth-order valence-electron chi connectivity index (χ4n) is 3.11. The maximum Gasteiger partial charge on any atom is 0.225 e. The van der Waals surface area contributed by atoms with Gasteiger partial charge in [-0.05, 0) is 30.4 Å². The van der Waals surface area contributed by atoms with Crippen LogP contribution in [0, 0.1) is 0 Å². The third-order valence-corrected chi connectivity index (χ3v) is 5.33. The van der Waals surface area contributed by atoms with Crippen molar-refractivity contribution >= 4 is 29.1 Å². The SMILES string of the molecule is CC(=O)N[C@@H](CC(=O)NC1CCN(c2ncccn2)CC1)c1cccs1. The molecule has 138 valence electrons. The lowest BCUT2D eigenvalue weighted by Gasteiger charge is -2.32. The highest BCUT2D eigenvalue weighted by molar-refractivity contribution is 7.10. The van der Waals surface area contributed by atoms with Crippen LogP contribution in [0.2, 0.25) is 0 Å². The summed E-state index contributed by atoms with van der Waals surface area (Å²) in [5, 5.41) is 7.92. The molecule has 7 nitrogen and oxygen atoms in total. The van der Waals surface area contributed by atoms with Crippen molar-refractivity contribution in [3.63, 3.8) is 0 Å². The number of hydrogen-bond acceptors (Lipinski definition) is 6. The molecular weight excluding hydrogens is 350 g/mol. The monoisotopic (exact) mass is 373 g/mol. The van der Waals surface area contributed by atoms with Crippen molar-refractivity contribution in [2.45, 2.75) is 38.3 Å². The second kappa shape index (κ2) is 8.75. The van der Waals surface area contributed by atoms with E-state index in [1.165, 1.54) is 6.92 Å². The fraction of sp³-hybridized carbons (Fsp3) is 0.444. The van der Waals surface area contributed by atoms with E-state index in [9.17, 15) is 9.59 Å². The van der Waals surface area contributed by atoms with E-state index in [0.717, 1.165) is 36.8 Å². The highest BCUT2D eigenvalue weighted by Gasteiger charge is 2.24. The molecule has 0 unspecified atom stereocenters. The van der Waals surface area contributed by atoms with E-state index in [0.29, 0.717) is 0 Å². The first kappa shape index (κ1) is 18.3. The second-order valence-corrected chi connectivity index (χ2v) is 7.33. The van der Waals surface area contributed by atoms with Gasteiger partial charge in [-0.15, -0.1) is 11.3 Å². The topological polar surface area (TPSA) is 87.2 Å². The zero-order chi connectivity index (χ0) is 18.4. The third-order valence-electron chi connectivity index (χ3n) is 4.35. The Bertz CT molecular complexity index is 714. The van der Waals surface area contributed by atoms with Crippen LogP contribution in [0.3, 0.4) is 0 Å². The summed E-state index contributed by atoms with van der Waals surface area (Å²) in [5.41, 5.74) is 0. The van der Waals surface area contributed by atoms with E-state index in [1.807, 2.05) is 17.5 Å². The minimum atomic E-state index is -0.273. The number of piperidine rings is 1. The van der Waals surface area contributed by atoms with Gasteiger partial charge in [-0.2, -0.15) is 0 Å². The molecule has 1 aliphatic heterocycles. The number of nitrogens with one attached hydrogen (secondary N) is 2. The van der Waals surface area contributed by atoms with Crippen LogP contribution < -0.4 is 15.5 Å². The largest absolute Gasteiger partial charge is 0.353 e. The van der Waals surface area contributed by atoms with Crippen LogP contribution >= 0.6 is 11.3 Å². The molecule has 2 aromatic heterocycles.